The van der Waals surface area contributed by atoms with Crippen molar-refractivity contribution in [1.82, 2.24) is 0 Å². The number of hydrogen-bond donors (Lipinski definition) is 2. The largest absolute Gasteiger partial charge is 1.00 e. The summed E-state index contributed by atoms with van der Waals surface area (Å²) >= 11 is 0. The fourth-order valence-corrected chi connectivity index (χ4v) is 3.22. The number of benzene rings is 3. The molecule has 0 aliphatic heterocycles. The van der Waals surface area contributed by atoms with E-state index in [9.17, 15) is 49.9 Å². The van der Waals surface area contributed by atoms with Crippen LogP contribution in [0.15, 0.2) is 62.7 Å². The molecule has 0 unspecified atom stereocenters. The normalized spacial score (nSPS) is 11.6. The fraction of sp³-hybridized carbons (Fsp3) is 0. The van der Waals surface area contributed by atoms with Gasteiger partial charge in [-0.1, -0.05) is 23.9 Å². The minimum atomic E-state index is -5.41. The van der Waals surface area contributed by atoms with Crippen LogP contribution in [0.25, 0.3) is 0 Å². The molecule has 0 aromatic heterocycles. The topological polar surface area (TPSA) is 167 Å². The van der Waals surface area contributed by atoms with Gasteiger partial charge in [0, 0.05) is 0 Å². The van der Waals surface area contributed by atoms with Crippen molar-refractivity contribution in [3.05, 3.63) is 82.7 Å². The fourth-order valence-electron chi connectivity index (χ4n) is 2.66. The summed E-state index contributed by atoms with van der Waals surface area (Å²) in [7, 11) is -5.41. The average Bonchev–Trinajstić information content (AvgIpc) is 2.81. The molecule has 0 aliphatic carbocycles. The van der Waals surface area contributed by atoms with Crippen LogP contribution in [0.5, 0.6) is 5.75 Å². The first kappa shape index (κ1) is 32.8. The first-order valence-corrected chi connectivity index (χ1v) is 10.6. The number of halogens is 5. The van der Waals surface area contributed by atoms with E-state index in [1.165, 1.54) is 18.2 Å². The Morgan fingerprint density at radius 1 is 0.895 bits per heavy atom. The molecule has 3 aromatic carbocycles. The SMILES string of the molecule is O=C(O)c1ccccc1NN=C(N=Nc1c([O-])ccc(S(=O)(=O)[O-])c1F)c1cc(F)c(F)c(F)c1F.[Li+].[Li+]. The second-order valence-corrected chi connectivity index (χ2v) is 7.97. The van der Waals surface area contributed by atoms with Crippen LogP contribution in [0.3, 0.4) is 0 Å². The molecule has 0 bridgehead atoms. The Hall–Kier alpha value is -3.25. The minimum Gasteiger partial charge on any atom is -0.871 e. The molecule has 3 aromatic rings. The second-order valence-electron chi connectivity index (χ2n) is 6.62. The van der Waals surface area contributed by atoms with Gasteiger partial charge in [-0.25, -0.2) is 35.2 Å². The van der Waals surface area contributed by atoms with E-state index in [0.717, 1.165) is 6.07 Å². The first-order valence-electron chi connectivity index (χ1n) is 9.19. The summed E-state index contributed by atoms with van der Waals surface area (Å²) in [5.74, 6) is -14.3. The van der Waals surface area contributed by atoms with E-state index in [0.29, 0.717) is 12.1 Å². The number of azo groups is 1. The number of amidine groups is 1. The molecular weight excluding hydrogens is 533 g/mol. The summed E-state index contributed by atoms with van der Waals surface area (Å²) in [5, 5.41) is 30.9. The third kappa shape index (κ3) is 6.99. The van der Waals surface area contributed by atoms with Crippen LogP contribution in [0.2, 0.25) is 0 Å². The molecule has 10 nitrogen and oxygen atoms in total. The average molecular weight is 542 g/mol. The van der Waals surface area contributed by atoms with Gasteiger partial charge in [-0.15, -0.1) is 10.2 Å². The van der Waals surface area contributed by atoms with Gasteiger partial charge in [-0.2, -0.15) is 5.10 Å². The van der Waals surface area contributed by atoms with Gasteiger partial charge in [0.2, 0.25) is 5.84 Å². The quantitative estimate of drug-likeness (QED) is 0.0404. The van der Waals surface area contributed by atoms with Gasteiger partial charge < -0.3 is 14.8 Å². The predicted molar refractivity (Wildman–Crippen MR) is 108 cm³/mol. The van der Waals surface area contributed by atoms with Crippen LogP contribution in [-0.4, -0.2) is 29.9 Å². The number of hydrogen-bond acceptors (Lipinski definition) is 8. The molecule has 0 saturated heterocycles. The van der Waals surface area contributed by atoms with Gasteiger partial charge in [0.05, 0.1) is 21.7 Å². The maximum Gasteiger partial charge on any atom is 1.00 e. The number of carbonyl (C=O) groups is 1. The van der Waals surface area contributed by atoms with Crippen LogP contribution in [0, 0.1) is 29.1 Å². The van der Waals surface area contributed by atoms with E-state index in [4.69, 9.17) is 0 Å². The molecule has 0 radical (unpaired) electrons. The molecule has 2 N–H and O–H groups in total. The summed E-state index contributed by atoms with van der Waals surface area (Å²) in [4.78, 5) is 9.86. The maximum absolute atomic E-state index is 14.4. The van der Waals surface area contributed by atoms with Crippen molar-refractivity contribution in [3.8, 4) is 5.75 Å². The van der Waals surface area contributed by atoms with Crippen molar-refractivity contribution < 1.29 is 87.7 Å². The summed E-state index contributed by atoms with van der Waals surface area (Å²) < 4.78 is 103. The number of nitrogens with one attached hydrogen (secondary N) is 1. The Bertz CT molecular complexity index is 1560. The van der Waals surface area contributed by atoms with Crippen molar-refractivity contribution in [2.75, 3.05) is 5.43 Å². The number of nitrogens with zero attached hydrogens (tertiary/aromatic N) is 3. The standard InChI is InChI=1S/C20H11F5N4O6S.2Li/c21-10-7-9(14(22)17(25)15(10)23)19(28-26-11-4-2-1-3-8(11)20(31)32)29-27-18-12(30)5-6-13(16(18)24)36(33,34)35;;/h1-7,26,30H,(H,31,32)(H,33,34,35);;/q;2*+1/p-2. The zero-order valence-corrected chi connectivity index (χ0v) is 20.0. The molecule has 0 amide bonds. The van der Waals surface area contributed by atoms with Gasteiger partial charge in [-0.3, -0.25) is 5.43 Å². The number of rotatable bonds is 6. The molecule has 0 heterocycles. The molecule has 38 heavy (non-hydrogen) atoms. The van der Waals surface area contributed by atoms with Crippen LogP contribution >= 0.6 is 0 Å². The van der Waals surface area contributed by atoms with E-state index in [1.54, 1.807) is 0 Å². The Balaban J connectivity index is 0.00000361. The molecule has 0 spiro atoms. The molecule has 3 rings (SSSR count). The zero-order chi connectivity index (χ0) is 26.8. The monoisotopic (exact) mass is 542 g/mol. The Kier molecular flexibility index (Phi) is 11.2. The van der Waals surface area contributed by atoms with E-state index in [-0.39, 0.29) is 55.0 Å². The van der Waals surface area contributed by atoms with Gasteiger partial charge in [0.15, 0.2) is 29.1 Å². The van der Waals surface area contributed by atoms with Crippen LogP contribution in [0.1, 0.15) is 15.9 Å². The van der Waals surface area contributed by atoms with Gasteiger partial charge in [-0.05, 0) is 24.3 Å². The third-order valence-corrected chi connectivity index (χ3v) is 5.19. The predicted octanol–water partition coefficient (Wildman–Crippen LogP) is -2.38. The second kappa shape index (κ2) is 13.0. The molecule has 0 saturated carbocycles. The summed E-state index contributed by atoms with van der Waals surface area (Å²) in [6.07, 6.45) is 0. The van der Waals surface area contributed by atoms with E-state index in [2.05, 4.69) is 20.8 Å². The minimum absolute atomic E-state index is 0. The van der Waals surface area contributed by atoms with E-state index >= 15 is 0 Å². The molecular formula is C20H9F5Li2N4O6S. The molecule has 0 fully saturated rings. The van der Waals surface area contributed by atoms with Crippen molar-refractivity contribution in [2.24, 2.45) is 15.3 Å². The van der Waals surface area contributed by atoms with Gasteiger partial charge >= 0.3 is 43.7 Å². The van der Waals surface area contributed by atoms with Crippen molar-refractivity contribution >= 4 is 33.3 Å². The van der Waals surface area contributed by atoms with E-state index < -0.39 is 72.9 Å². The number of carboxylic acid groups (broad SMARTS) is 1. The van der Waals surface area contributed by atoms with Crippen molar-refractivity contribution in [2.45, 2.75) is 4.90 Å². The Morgan fingerprint density at radius 3 is 2.13 bits per heavy atom. The Labute approximate surface area is 234 Å². The third-order valence-electron chi connectivity index (χ3n) is 4.34. The smallest absolute Gasteiger partial charge is 0.871 e. The van der Waals surface area contributed by atoms with Gasteiger partial charge in [0.1, 0.15) is 15.8 Å². The van der Waals surface area contributed by atoms with Crippen LogP contribution in [-0.2, 0) is 10.1 Å². The maximum atomic E-state index is 14.4. The number of carboxylic acids is 1. The molecule has 0 aliphatic rings. The summed E-state index contributed by atoms with van der Waals surface area (Å²) in [6, 6.07) is 5.87. The number of aromatic carboxylic acids is 1. The number of hydrazone groups is 1. The van der Waals surface area contributed by atoms with Gasteiger partial charge in [0.25, 0.3) is 0 Å². The zero-order valence-electron chi connectivity index (χ0n) is 19.2. The molecule has 0 atom stereocenters. The first-order chi connectivity index (χ1) is 16.8. The van der Waals surface area contributed by atoms with Crippen LogP contribution < -0.4 is 48.3 Å². The number of anilines is 1. The molecule has 188 valence electrons. The molecule has 18 heteroatoms. The Morgan fingerprint density at radius 2 is 1.53 bits per heavy atom. The van der Waals surface area contributed by atoms with Crippen molar-refractivity contribution in [1.29, 1.82) is 0 Å². The van der Waals surface area contributed by atoms with E-state index in [1.807, 2.05) is 0 Å². The summed E-state index contributed by atoms with van der Waals surface area (Å²) in [6.45, 7) is 0. The number of para-hydroxylation sites is 1. The summed E-state index contributed by atoms with van der Waals surface area (Å²) in [5.41, 5.74) is -1.11. The van der Waals surface area contributed by atoms with Crippen LogP contribution in [0.4, 0.5) is 33.3 Å². The van der Waals surface area contributed by atoms with Crippen molar-refractivity contribution in [3.63, 3.8) is 0 Å².